The Morgan fingerprint density at radius 3 is 1.49 bits per heavy atom. The fraction of sp³-hybridized carbons (Fsp3) is 0.500. The lowest BCUT2D eigenvalue weighted by Gasteiger charge is -2.17. The molecule has 41 heavy (non-hydrogen) atoms. The highest BCUT2D eigenvalue weighted by atomic mass is 16.7. The number of rotatable bonds is 23. The standard InChI is InChI=1S/C30H42O11/c1-6-32-18-37-24-16-28(40-21-35-9-4)30(29(17-24)41-22-36-10-5)25(31)13-11-23-12-14-26(38-19-33-7-2)27(15-23)39-20-34-8-3/h11-17H,6-10,18-22H2,1-5H3/b13-11+. The summed E-state index contributed by atoms with van der Waals surface area (Å²) in [4.78, 5) is 13.5. The molecule has 0 aliphatic carbocycles. The Kier molecular flexibility index (Phi) is 16.9. The molecular formula is C30H42O11. The molecule has 0 N–H and O–H groups in total. The Balaban J connectivity index is 2.39. The van der Waals surface area contributed by atoms with Gasteiger partial charge in [0.15, 0.2) is 51.2 Å². The van der Waals surface area contributed by atoms with Crippen molar-refractivity contribution in [2.45, 2.75) is 34.6 Å². The van der Waals surface area contributed by atoms with Crippen LogP contribution in [0, 0.1) is 0 Å². The number of hydrogen-bond donors (Lipinski definition) is 0. The van der Waals surface area contributed by atoms with Gasteiger partial charge in [0.05, 0.1) is 0 Å². The van der Waals surface area contributed by atoms with Gasteiger partial charge in [-0.3, -0.25) is 4.79 Å². The van der Waals surface area contributed by atoms with Gasteiger partial charge in [0, 0.05) is 45.2 Å². The lowest BCUT2D eigenvalue weighted by molar-refractivity contribution is 0.00605. The van der Waals surface area contributed by atoms with E-state index in [1.807, 2.05) is 34.6 Å². The lowest BCUT2D eigenvalue weighted by Crippen LogP contribution is -2.11. The zero-order valence-electron chi connectivity index (χ0n) is 24.6. The topological polar surface area (TPSA) is 109 Å². The van der Waals surface area contributed by atoms with E-state index in [0.29, 0.717) is 55.8 Å². The van der Waals surface area contributed by atoms with Crippen LogP contribution >= 0.6 is 0 Å². The van der Waals surface area contributed by atoms with Gasteiger partial charge in [-0.2, -0.15) is 0 Å². The maximum Gasteiger partial charge on any atom is 0.193 e. The second-order valence-corrected chi connectivity index (χ2v) is 7.97. The fourth-order valence-electron chi connectivity index (χ4n) is 3.18. The predicted molar refractivity (Wildman–Crippen MR) is 152 cm³/mol. The molecule has 228 valence electrons. The molecule has 2 rings (SSSR count). The first kappa shape index (κ1) is 33.9. The zero-order valence-corrected chi connectivity index (χ0v) is 24.6. The molecule has 0 bridgehead atoms. The number of hydrogen-bond acceptors (Lipinski definition) is 11. The minimum atomic E-state index is -0.368. The SMILES string of the molecule is CCOCOc1cc(OCOCC)c(C(=O)/C=C/c2ccc(OCOCC)c(OCOCC)c2)c(OCOCC)c1. The van der Waals surface area contributed by atoms with Crippen molar-refractivity contribution in [3.05, 3.63) is 47.5 Å². The molecule has 0 amide bonds. The molecule has 0 aromatic heterocycles. The van der Waals surface area contributed by atoms with Gasteiger partial charge in [0.1, 0.15) is 22.8 Å². The third kappa shape index (κ3) is 12.4. The average Bonchev–Trinajstić information content (AvgIpc) is 2.97. The number of benzene rings is 2. The van der Waals surface area contributed by atoms with E-state index in [1.165, 1.54) is 6.08 Å². The van der Waals surface area contributed by atoms with Gasteiger partial charge in [-0.15, -0.1) is 0 Å². The van der Waals surface area contributed by atoms with E-state index < -0.39 is 0 Å². The van der Waals surface area contributed by atoms with Crippen LogP contribution in [0.15, 0.2) is 36.4 Å². The third-order valence-electron chi connectivity index (χ3n) is 5.20. The van der Waals surface area contributed by atoms with E-state index in [9.17, 15) is 4.79 Å². The quantitative estimate of drug-likeness (QED) is 0.0727. The Bertz CT molecular complexity index is 1020. The van der Waals surface area contributed by atoms with Gasteiger partial charge >= 0.3 is 0 Å². The van der Waals surface area contributed by atoms with E-state index >= 15 is 0 Å². The van der Waals surface area contributed by atoms with Crippen molar-refractivity contribution in [2.24, 2.45) is 0 Å². The third-order valence-corrected chi connectivity index (χ3v) is 5.20. The van der Waals surface area contributed by atoms with E-state index in [0.717, 1.165) is 0 Å². The second kappa shape index (κ2) is 20.5. The van der Waals surface area contributed by atoms with Crippen molar-refractivity contribution in [1.82, 2.24) is 0 Å². The van der Waals surface area contributed by atoms with Gasteiger partial charge < -0.3 is 47.4 Å². The molecule has 0 atom stereocenters. The molecule has 0 saturated carbocycles. The van der Waals surface area contributed by atoms with Crippen molar-refractivity contribution in [1.29, 1.82) is 0 Å². The number of ketones is 1. The molecule has 0 radical (unpaired) electrons. The van der Waals surface area contributed by atoms with E-state index in [4.69, 9.17) is 47.4 Å². The van der Waals surface area contributed by atoms with Crippen molar-refractivity contribution < 1.29 is 52.2 Å². The highest BCUT2D eigenvalue weighted by molar-refractivity contribution is 6.10. The molecule has 0 heterocycles. The molecular weight excluding hydrogens is 536 g/mol. The van der Waals surface area contributed by atoms with Crippen LogP contribution in [0.1, 0.15) is 50.5 Å². The van der Waals surface area contributed by atoms with E-state index in [2.05, 4.69) is 0 Å². The van der Waals surface area contributed by atoms with Crippen LogP contribution in [-0.4, -0.2) is 72.8 Å². The predicted octanol–water partition coefficient (Wildman–Crippen LogP) is 5.45. The Hall–Kier alpha value is -3.35. The van der Waals surface area contributed by atoms with Crippen molar-refractivity contribution in [3.8, 4) is 28.7 Å². The highest BCUT2D eigenvalue weighted by Crippen LogP contribution is 2.36. The maximum absolute atomic E-state index is 13.5. The summed E-state index contributed by atoms with van der Waals surface area (Å²) in [6.45, 7) is 11.7. The summed E-state index contributed by atoms with van der Waals surface area (Å²) < 4.78 is 55.2. The van der Waals surface area contributed by atoms with Crippen LogP contribution in [0.3, 0.4) is 0 Å². The summed E-state index contributed by atoms with van der Waals surface area (Å²) in [6, 6.07) is 8.46. The van der Waals surface area contributed by atoms with Crippen LogP contribution in [0.5, 0.6) is 28.7 Å². The molecule has 0 aliphatic rings. The minimum absolute atomic E-state index is 0.0253. The lowest BCUT2D eigenvalue weighted by atomic mass is 10.1. The molecule has 2 aromatic carbocycles. The molecule has 0 spiro atoms. The first-order valence-corrected chi connectivity index (χ1v) is 13.6. The number of allylic oxidation sites excluding steroid dienone is 1. The maximum atomic E-state index is 13.5. The van der Waals surface area contributed by atoms with E-state index in [-0.39, 0.29) is 56.8 Å². The van der Waals surface area contributed by atoms with Crippen LogP contribution in [0.4, 0.5) is 0 Å². The van der Waals surface area contributed by atoms with Gasteiger partial charge in [0.25, 0.3) is 0 Å². The zero-order chi connectivity index (χ0) is 29.7. The molecule has 11 nitrogen and oxygen atoms in total. The first-order chi connectivity index (χ1) is 20.1. The largest absolute Gasteiger partial charge is 0.467 e. The Labute approximate surface area is 242 Å². The highest BCUT2D eigenvalue weighted by Gasteiger charge is 2.20. The second-order valence-electron chi connectivity index (χ2n) is 7.97. The molecule has 0 aliphatic heterocycles. The van der Waals surface area contributed by atoms with Crippen molar-refractivity contribution in [3.63, 3.8) is 0 Å². The summed E-state index contributed by atoms with van der Waals surface area (Å²) in [5.74, 6) is 1.43. The first-order valence-electron chi connectivity index (χ1n) is 13.6. The van der Waals surface area contributed by atoms with Crippen molar-refractivity contribution >= 4 is 11.9 Å². The normalized spacial score (nSPS) is 11.0. The van der Waals surface area contributed by atoms with Crippen molar-refractivity contribution in [2.75, 3.05) is 67.0 Å². The van der Waals surface area contributed by atoms with E-state index in [1.54, 1.807) is 36.4 Å². The summed E-state index contributed by atoms with van der Waals surface area (Å²) in [6.07, 6.45) is 3.07. The average molecular weight is 579 g/mol. The summed E-state index contributed by atoms with van der Waals surface area (Å²) in [7, 11) is 0. The molecule has 0 fully saturated rings. The Morgan fingerprint density at radius 2 is 1.00 bits per heavy atom. The molecule has 11 heteroatoms. The molecule has 2 aromatic rings. The minimum Gasteiger partial charge on any atom is -0.467 e. The van der Waals surface area contributed by atoms with Gasteiger partial charge in [0.2, 0.25) is 0 Å². The monoisotopic (exact) mass is 578 g/mol. The van der Waals surface area contributed by atoms with Gasteiger partial charge in [-0.05, 0) is 58.4 Å². The molecule has 0 saturated heterocycles. The number of carbonyl (C=O) groups is 1. The fourth-order valence-corrected chi connectivity index (χ4v) is 3.18. The van der Waals surface area contributed by atoms with Crippen LogP contribution in [-0.2, 0) is 23.7 Å². The smallest absolute Gasteiger partial charge is 0.193 e. The molecule has 0 unspecified atom stereocenters. The summed E-state index contributed by atoms with van der Waals surface area (Å²) in [5, 5.41) is 0. The van der Waals surface area contributed by atoms with Gasteiger partial charge in [-0.25, -0.2) is 0 Å². The Morgan fingerprint density at radius 1 is 0.561 bits per heavy atom. The number of ether oxygens (including phenoxy) is 10. The van der Waals surface area contributed by atoms with Crippen LogP contribution in [0.2, 0.25) is 0 Å². The number of carbonyl (C=O) groups excluding carboxylic acids is 1. The van der Waals surface area contributed by atoms with Gasteiger partial charge in [-0.1, -0.05) is 12.1 Å². The van der Waals surface area contributed by atoms with Crippen LogP contribution in [0.25, 0.3) is 6.08 Å². The van der Waals surface area contributed by atoms with Crippen LogP contribution < -0.4 is 23.7 Å². The summed E-state index contributed by atoms with van der Waals surface area (Å²) >= 11 is 0. The summed E-state index contributed by atoms with van der Waals surface area (Å²) in [5.41, 5.74) is 0.882.